The van der Waals surface area contributed by atoms with Crippen LogP contribution in [0, 0.1) is 0 Å². The van der Waals surface area contributed by atoms with Gasteiger partial charge >= 0.3 is 0 Å². The lowest BCUT2D eigenvalue weighted by molar-refractivity contribution is -0.120. The molecular formula is C29H32N8O2. The Morgan fingerprint density at radius 2 is 1.85 bits per heavy atom. The molecule has 10 nitrogen and oxygen atoms in total. The second-order valence-corrected chi connectivity index (χ2v) is 9.60. The molecule has 0 bridgehead atoms. The highest BCUT2D eigenvalue weighted by molar-refractivity contribution is 5.78. The van der Waals surface area contributed by atoms with Crippen LogP contribution in [0.3, 0.4) is 0 Å². The zero-order chi connectivity index (χ0) is 27.0. The zero-order valence-corrected chi connectivity index (χ0v) is 21.7. The molecule has 1 unspecified atom stereocenters. The van der Waals surface area contributed by atoms with E-state index in [1.807, 2.05) is 76.2 Å². The van der Waals surface area contributed by atoms with Gasteiger partial charge < -0.3 is 20.4 Å². The molecule has 5 aromatic rings. The van der Waals surface area contributed by atoms with Crippen LogP contribution in [0.4, 0.5) is 0 Å². The van der Waals surface area contributed by atoms with E-state index in [9.17, 15) is 9.59 Å². The first-order valence-electron chi connectivity index (χ1n) is 13.2. The summed E-state index contributed by atoms with van der Waals surface area (Å²) in [5.41, 5.74) is 9.83. The number of aromatic amines is 1. The topological polar surface area (TPSA) is 136 Å². The molecule has 0 spiro atoms. The number of carbonyl (C=O) groups excluding carboxylic acids is 2. The number of pyridine rings is 1. The van der Waals surface area contributed by atoms with Crippen molar-refractivity contribution in [3.8, 4) is 16.9 Å². The lowest BCUT2D eigenvalue weighted by atomic mass is 9.99. The molecule has 5 rings (SSSR count). The molecule has 0 aliphatic heterocycles. The average Bonchev–Trinajstić information content (AvgIpc) is 3.72. The van der Waals surface area contributed by atoms with E-state index in [4.69, 9.17) is 5.73 Å². The van der Waals surface area contributed by atoms with E-state index < -0.39 is 0 Å². The minimum absolute atomic E-state index is 0.00168. The molecule has 1 atom stereocenters. The monoisotopic (exact) mass is 524 g/mol. The molecule has 10 heteroatoms. The van der Waals surface area contributed by atoms with Crippen LogP contribution in [-0.2, 0) is 16.0 Å². The van der Waals surface area contributed by atoms with Crippen LogP contribution in [0.15, 0.2) is 79.5 Å². The van der Waals surface area contributed by atoms with Crippen molar-refractivity contribution in [1.29, 1.82) is 0 Å². The minimum atomic E-state index is -0.277. The smallest absolute Gasteiger partial charge is 0.226 e. The van der Waals surface area contributed by atoms with Gasteiger partial charge in [-0.25, -0.2) is 14.6 Å². The van der Waals surface area contributed by atoms with Gasteiger partial charge in [-0.1, -0.05) is 31.0 Å². The van der Waals surface area contributed by atoms with E-state index in [1.54, 1.807) is 12.4 Å². The minimum Gasteiger partial charge on any atom is -0.370 e. The van der Waals surface area contributed by atoms with Crippen LogP contribution in [0.2, 0.25) is 0 Å². The van der Waals surface area contributed by atoms with Gasteiger partial charge in [0.05, 0.1) is 29.7 Å². The second kappa shape index (κ2) is 12.2. The second-order valence-electron chi connectivity index (χ2n) is 9.60. The summed E-state index contributed by atoms with van der Waals surface area (Å²) in [4.78, 5) is 36.4. The number of hydrogen-bond acceptors (Lipinski definition) is 5. The predicted molar refractivity (Wildman–Crippen MR) is 148 cm³/mol. The first kappa shape index (κ1) is 25.9. The van der Waals surface area contributed by atoms with Crippen molar-refractivity contribution in [2.45, 2.75) is 44.4 Å². The Morgan fingerprint density at radius 1 is 0.974 bits per heavy atom. The van der Waals surface area contributed by atoms with Crippen LogP contribution in [0.5, 0.6) is 0 Å². The number of nitrogens with one attached hydrogen (secondary N) is 2. The number of benzene rings is 1. The zero-order valence-electron chi connectivity index (χ0n) is 21.7. The van der Waals surface area contributed by atoms with Crippen molar-refractivity contribution in [3.05, 3.63) is 91.0 Å². The summed E-state index contributed by atoms with van der Waals surface area (Å²) in [7, 11) is 0. The SMILES string of the molecule is NC(=O)CCCCCC(CNC(=O)Cc1cnc2ccccn12)c1ncc(-c2ccc(-n3cccn3)cc2)[nH]1. The third-order valence-corrected chi connectivity index (χ3v) is 6.79. The highest BCUT2D eigenvalue weighted by atomic mass is 16.1. The molecule has 200 valence electrons. The first-order chi connectivity index (χ1) is 19.1. The predicted octanol–water partition coefficient (Wildman–Crippen LogP) is 3.79. The van der Waals surface area contributed by atoms with Crippen molar-refractivity contribution >= 4 is 17.5 Å². The van der Waals surface area contributed by atoms with Gasteiger partial charge in [0.15, 0.2) is 0 Å². The van der Waals surface area contributed by atoms with Gasteiger partial charge in [-0.15, -0.1) is 0 Å². The number of primary amides is 1. The number of hydrogen-bond donors (Lipinski definition) is 3. The number of fused-ring (bicyclic) bond motifs is 1. The van der Waals surface area contributed by atoms with Crippen molar-refractivity contribution in [3.63, 3.8) is 0 Å². The number of nitrogens with zero attached hydrogens (tertiary/aromatic N) is 5. The van der Waals surface area contributed by atoms with Gasteiger partial charge in [-0.05, 0) is 48.7 Å². The quantitative estimate of drug-likeness (QED) is 0.201. The molecular weight excluding hydrogens is 492 g/mol. The lowest BCUT2D eigenvalue weighted by Gasteiger charge is -2.16. The maximum atomic E-state index is 12.9. The Bertz CT molecular complexity index is 1520. The number of nitrogens with two attached hydrogens (primary N) is 1. The van der Waals surface area contributed by atoms with Crippen LogP contribution in [-0.4, -0.2) is 47.5 Å². The first-order valence-corrected chi connectivity index (χ1v) is 13.2. The number of amides is 2. The molecule has 2 amide bonds. The standard InChI is InChI=1S/C29H32N8O2/c30-26(38)8-3-1-2-7-22(18-32-28(39)17-24-19-31-27-9-4-5-15-36(24)27)29-33-20-25(35-29)21-10-12-23(13-11-21)37-16-6-14-34-37/h4-6,9-16,19-20,22H,1-3,7-8,17-18H2,(H2,30,38)(H,32,39)(H,33,35). The fourth-order valence-corrected chi connectivity index (χ4v) is 4.69. The van der Waals surface area contributed by atoms with Crippen LogP contribution < -0.4 is 11.1 Å². The molecule has 1 aromatic carbocycles. The Morgan fingerprint density at radius 3 is 2.64 bits per heavy atom. The normalized spacial score (nSPS) is 12.0. The van der Waals surface area contributed by atoms with Crippen LogP contribution in [0.25, 0.3) is 22.6 Å². The highest BCUT2D eigenvalue weighted by Crippen LogP contribution is 2.25. The van der Waals surface area contributed by atoms with Crippen molar-refractivity contribution in [1.82, 2.24) is 34.4 Å². The molecule has 4 aromatic heterocycles. The number of carbonyl (C=O) groups is 2. The summed E-state index contributed by atoms with van der Waals surface area (Å²) >= 11 is 0. The Hall–Kier alpha value is -4.73. The molecule has 0 saturated carbocycles. The summed E-state index contributed by atoms with van der Waals surface area (Å²) in [6, 6.07) is 15.7. The van der Waals surface area contributed by atoms with Gasteiger partial charge in [0.1, 0.15) is 11.5 Å². The van der Waals surface area contributed by atoms with Crippen molar-refractivity contribution in [2.75, 3.05) is 6.54 Å². The van der Waals surface area contributed by atoms with E-state index in [0.717, 1.165) is 59.8 Å². The van der Waals surface area contributed by atoms with Gasteiger partial charge in [0, 0.05) is 43.7 Å². The molecule has 0 radical (unpaired) electrons. The van der Waals surface area contributed by atoms with Crippen molar-refractivity contribution in [2.24, 2.45) is 5.73 Å². The maximum Gasteiger partial charge on any atom is 0.226 e. The fraction of sp³-hybridized carbons (Fsp3) is 0.276. The Kier molecular flexibility index (Phi) is 8.11. The van der Waals surface area contributed by atoms with E-state index in [2.05, 4.69) is 25.4 Å². The lowest BCUT2D eigenvalue weighted by Crippen LogP contribution is -2.30. The van der Waals surface area contributed by atoms with Gasteiger partial charge in [0.2, 0.25) is 11.8 Å². The summed E-state index contributed by atoms with van der Waals surface area (Å²) in [5.74, 6) is 0.480. The number of H-pyrrole nitrogens is 1. The van der Waals surface area contributed by atoms with Crippen LogP contribution in [0.1, 0.15) is 49.5 Å². The number of aromatic nitrogens is 6. The number of imidazole rings is 2. The summed E-state index contributed by atoms with van der Waals surface area (Å²) in [5, 5.41) is 7.36. The molecule has 0 aliphatic rings. The Labute approximate surface area is 226 Å². The number of rotatable bonds is 13. The number of unbranched alkanes of at least 4 members (excludes halogenated alkanes) is 2. The summed E-state index contributed by atoms with van der Waals surface area (Å²) in [6.45, 7) is 0.455. The fourth-order valence-electron chi connectivity index (χ4n) is 4.69. The molecule has 4 N–H and O–H groups in total. The van der Waals surface area contributed by atoms with E-state index in [0.29, 0.717) is 13.0 Å². The molecule has 39 heavy (non-hydrogen) atoms. The van der Waals surface area contributed by atoms with E-state index in [1.165, 1.54) is 0 Å². The maximum absolute atomic E-state index is 12.9. The molecule has 0 aliphatic carbocycles. The molecule has 0 fully saturated rings. The third kappa shape index (κ3) is 6.59. The van der Waals surface area contributed by atoms with Gasteiger partial charge in [-0.3, -0.25) is 9.59 Å². The van der Waals surface area contributed by atoms with E-state index in [-0.39, 0.29) is 24.2 Å². The van der Waals surface area contributed by atoms with Crippen molar-refractivity contribution < 1.29 is 9.59 Å². The van der Waals surface area contributed by atoms with Gasteiger partial charge in [0.25, 0.3) is 0 Å². The summed E-state index contributed by atoms with van der Waals surface area (Å²) in [6.07, 6.45) is 13.1. The molecule has 4 heterocycles. The Balaban J connectivity index is 1.24. The highest BCUT2D eigenvalue weighted by Gasteiger charge is 2.18. The largest absolute Gasteiger partial charge is 0.370 e. The van der Waals surface area contributed by atoms with E-state index >= 15 is 0 Å². The van der Waals surface area contributed by atoms with Crippen LogP contribution >= 0.6 is 0 Å². The average molecular weight is 525 g/mol. The van der Waals surface area contributed by atoms with Gasteiger partial charge in [-0.2, -0.15) is 5.10 Å². The molecule has 0 saturated heterocycles. The summed E-state index contributed by atoms with van der Waals surface area (Å²) < 4.78 is 3.73. The third-order valence-electron chi connectivity index (χ3n) is 6.79.